The molecule has 1 aliphatic carbocycles. The highest BCUT2D eigenvalue weighted by Crippen LogP contribution is 2.35. The Hall–Kier alpha value is -2.10. The molecule has 0 fully saturated rings. The Morgan fingerprint density at radius 1 is 1.17 bits per heavy atom. The Balaban J connectivity index is 1.49. The summed E-state index contributed by atoms with van der Waals surface area (Å²) < 4.78 is 5.93. The van der Waals surface area contributed by atoms with Gasteiger partial charge in [-0.3, -0.25) is 4.90 Å². The molecule has 1 aliphatic rings. The normalized spacial score (nSPS) is 16.5. The van der Waals surface area contributed by atoms with Gasteiger partial charge in [0.25, 0.3) is 0 Å². The van der Waals surface area contributed by atoms with Gasteiger partial charge >= 0.3 is 0 Å². The summed E-state index contributed by atoms with van der Waals surface area (Å²) in [5, 5.41) is 0.720. The zero-order chi connectivity index (χ0) is 16.5. The minimum Gasteiger partial charge on any atom is -0.439 e. The van der Waals surface area contributed by atoms with E-state index in [1.165, 1.54) is 11.1 Å². The van der Waals surface area contributed by atoms with Crippen molar-refractivity contribution in [1.82, 2.24) is 9.88 Å². The fourth-order valence-corrected chi connectivity index (χ4v) is 3.57. The van der Waals surface area contributed by atoms with E-state index in [-0.39, 0.29) is 0 Å². The zero-order valence-electron chi connectivity index (χ0n) is 13.6. The van der Waals surface area contributed by atoms with Gasteiger partial charge in [-0.15, -0.1) is 0 Å². The molecule has 0 radical (unpaired) electrons. The molecule has 0 amide bonds. The van der Waals surface area contributed by atoms with Crippen LogP contribution in [0, 0.1) is 0 Å². The molecule has 1 unspecified atom stereocenters. The molecule has 2 aromatic carbocycles. The highest BCUT2D eigenvalue weighted by molar-refractivity contribution is 6.30. The lowest BCUT2D eigenvalue weighted by atomic mass is 10.1. The Morgan fingerprint density at radius 3 is 2.79 bits per heavy atom. The molecule has 1 heterocycles. The van der Waals surface area contributed by atoms with Crippen LogP contribution in [0.2, 0.25) is 5.02 Å². The zero-order valence-corrected chi connectivity index (χ0v) is 14.3. The van der Waals surface area contributed by atoms with Crippen LogP contribution in [0.5, 0.6) is 0 Å². The van der Waals surface area contributed by atoms with Gasteiger partial charge in [-0.05, 0) is 55.3 Å². The third-order valence-corrected chi connectivity index (χ3v) is 4.95. The molecule has 3 nitrogen and oxygen atoms in total. The van der Waals surface area contributed by atoms with Gasteiger partial charge in [-0.25, -0.2) is 4.98 Å². The van der Waals surface area contributed by atoms with Crippen molar-refractivity contribution < 1.29 is 4.42 Å². The van der Waals surface area contributed by atoms with E-state index in [0.717, 1.165) is 35.1 Å². The SMILES string of the molecule is CN(Cc1ncc(-c2ccc(Cl)cc2)o1)C1CCc2ccccc21. The van der Waals surface area contributed by atoms with Crippen molar-refractivity contribution in [3.63, 3.8) is 0 Å². The van der Waals surface area contributed by atoms with Gasteiger partial charge in [-0.1, -0.05) is 35.9 Å². The quantitative estimate of drug-likeness (QED) is 0.661. The summed E-state index contributed by atoms with van der Waals surface area (Å²) in [6.45, 7) is 0.701. The molecule has 4 rings (SSSR count). The van der Waals surface area contributed by atoms with E-state index in [0.29, 0.717) is 12.6 Å². The molecule has 0 saturated carbocycles. The van der Waals surface area contributed by atoms with Crippen LogP contribution < -0.4 is 0 Å². The number of benzene rings is 2. The molecule has 122 valence electrons. The summed E-state index contributed by atoms with van der Waals surface area (Å²) in [4.78, 5) is 6.76. The summed E-state index contributed by atoms with van der Waals surface area (Å²) in [5.74, 6) is 1.52. The molecule has 0 N–H and O–H groups in total. The van der Waals surface area contributed by atoms with Crippen LogP contribution in [-0.2, 0) is 13.0 Å². The standard InChI is InChI=1S/C20H19ClN2O/c1-23(18-11-8-14-4-2-3-5-17(14)18)13-20-22-12-19(24-20)15-6-9-16(21)10-7-15/h2-7,9-10,12,18H,8,11,13H2,1H3. The molecule has 1 atom stereocenters. The second-order valence-corrected chi connectivity index (χ2v) is 6.73. The van der Waals surface area contributed by atoms with Crippen molar-refractivity contribution in [2.24, 2.45) is 0 Å². The van der Waals surface area contributed by atoms with E-state index in [1.54, 1.807) is 6.20 Å². The maximum Gasteiger partial charge on any atom is 0.209 e. The fourth-order valence-electron chi connectivity index (χ4n) is 3.45. The Morgan fingerprint density at radius 2 is 1.96 bits per heavy atom. The first-order valence-electron chi connectivity index (χ1n) is 8.19. The van der Waals surface area contributed by atoms with Crippen molar-refractivity contribution in [2.75, 3.05) is 7.05 Å². The van der Waals surface area contributed by atoms with E-state index in [9.17, 15) is 0 Å². The first kappa shape index (κ1) is 15.4. The lowest BCUT2D eigenvalue weighted by molar-refractivity contribution is 0.214. The summed E-state index contributed by atoms with van der Waals surface area (Å²) in [6.07, 6.45) is 4.09. The predicted octanol–water partition coefficient (Wildman–Crippen LogP) is 5.11. The van der Waals surface area contributed by atoms with Crippen LogP contribution >= 0.6 is 11.6 Å². The van der Waals surface area contributed by atoms with Gasteiger partial charge in [-0.2, -0.15) is 0 Å². The Kier molecular flexibility index (Phi) is 4.13. The number of aromatic nitrogens is 1. The fraction of sp³-hybridized carbons (Fsp3) is 0.250. The summed E-state index contributed by atoms with van der Waals surface area (Å²) in [6, 6.07) is 16.8. The largest absolute Gasteiger partial charge is 0.439 e. The maximum absolute atomic E-state index is 5.93. The molecule has 3 aromatic rings. The number of oxazole rings is 1. The van der Waals surface area contributed by atoms with Crippen molar-refractivity contribution in [1.29, 1.82) is 0 Å². The first-order chi connectivity index (χ1) is 11.7. The third kappa shape index (κ3) is 2.97. The van der Waals surface area contributed by atoms with Gasteiger partial charge in [0.1, 0.15) is 0 Å². The number of hydrogen-bond donors (Lipinski definition) is 0. The number of aryl methyl sites for hydroxylation is 1. The van der Waals surface area contributed by atoms with Crippen LogP contribution in [0.25, 0.3) is 11.3 Å². The average Bonchev–Trinajstić information content (AvgIpc) is 3.22. The Bertz CT molecular complexity index is 841. The number of hydrogen-bond acceptors (Lipinski definition) is 3. The molecule has 0 aliphatic heterocycles. The molecular formula is C20H19ClN2O. The van der Waals surface area contributed by atoms with E-state index in [2.05, 4.69) is 41.2 Å². The van der Waals surface area contributed by atoms with Crippen LogP contribution in [0.1, 0.15) is 29.5 Å². The molecule has 0 spiro atoms. The van der Waals surface area contributed by atoms with Gasteiger partial charge in [0, 0.05) is 16.6 Å². The minimum atomic E-state index is 0.437. The number of fused-ring (bicyclic) bond motifs is 1. The van der Waals surface area contributed by atoms with Gasteiger partial charge in [0.2, 0.25) is 5.89 Å². The summed E-state index contributed by atoms with van der Waals surface area (Å²) >= 11 is 5.93. The topological polar surface area (TPSA) is 29.3 Å². The van der Waals surface area contributed by atoms with Crippen molar-refractivity contribution in [3.05, 3.63) is 76.8 Å². The number of nitrogens with zero attached hydrogens (tertiary/aromatic N) is 2. The van der Waals surface area contributed by atoms with E-state index in [1.807, 2.05) is 24.3 Å². The van der Waals surface area contributed by atoms with Crippen LogP contribution in [0.3, 0.4) is 0 Å². The number of rotatable bonds is 4. The van der Waals surface area contributed by atoms with Crippen LogP contribution in [0.15, 0.2) is 59.1 Å². The molecule has 0 saturated heterocycles. The first-order valence-corrected chi connectivity index (χ1v) is 8.57. The lowest BCUT2D eigenvalue weighted by Crippen LogP contribution is -2.22. The van der Waals surface area contributed by atoms with Crippen LogP contribution in [0.4, 0.5) is 0 Å². The van der Waals surface area contributed by atoms with Gasteiger partial charge in [0.15, 0.2) is 5.76 Å². The van der Waals surface area contributed by atoms with Crippen LogP contribution in [-0.4, -0.2) is 16.9 Å². The molecule has 24 heavy (non-hydrogen) atoms. The van der Waals surface area contributed by atoms with Crippen molar-refractivity contribution in [2.45, 2.75) is 25.4 Å². The maximum atomic E-state index is 5.93. The van der Waals surface area contributed by atoms with E-state index >= 15 is 0 Å². The predicted molar refractivity (Wildman–Crippen MR) is 95.9 cm³/mol. The molecule has 4 heteroatoms. The Labute approximate surface area is 146 Å². The lowest BCUT2D eigenvalue weighted by Gasteiger charge is -2.23. The second kappa shape index (κ2) is 6.42. The molecular weight excluding hydrogens is 320 g/mol. The molecule has 0 bridgehead atoms. The summed E-state index contributed by atoms with van der Waals surface area (Å²) in [5.41, 5.74) is 3.89. The van der Waals surface area contributed by atoms with E-state index in [4.69, 9.17) is 16.0 Å². The molecule has 1 aromatic heterocycles. The number of halogens is 1. The second-order valence-electron chi connectivity index (χ2n) is 6.29. The third-order valence-electron chi connectivity index (χ3n) is 4.70. The minimum absolute atomic E-state index is 0.437. The highest BCUT2D eigenvalue weighted by atomic mass is 35.5. The van der Waals surface area contributed by atoms with Gasteiger partial charge in [0.05, 0.1) is 12.7 Å². The monoisotopic (exact) mass is 338 g/mol. The highest BCUT2D eigenvalue weighted by Gasteiger charge is 2.26. The summed E-state index contributed by atoms with van der Waals surface area (Å²) in [7, 11) is 2.14. The average molecular weight is 339 g/mol. The van der Waals surface area contributed by atoms with Crippen molar-refractivity contribution >= 4 is 11.6 Å². The van der Waals surface area contributed by atoms with E-state index < -0.39 is 0 Å². The smallest absolute Gasteiger partial charge is 0.209 e. The van der Waals surface area contributed by atoms with Gasteiger partial charge < -0.3 is 4.42 Å². The van der Waals surface area contributed by atoms with Crippen molar-refractivity contribution in [3.8, 4) is 11.3 Å².